The summed E-state index contributed by atoms with van der Waals surface area (Å²) in [5, 5.41) is 1.58. The smallest absolute Gasteiger partial charge is 0.225 e. The molecule has 0 saturated carbocycles. The van der Waals surface area contributed by atoms with Crippen LogP contribution >= 0.6 is 84.9 Å². The van der Waals surface area contributed by atoms with Crippen LogP contribution in [0.3, 0.4) is 0 Å². The van der Waals surface area contributed by atoms with Crippen LogP contribution in [0.15, 0.2) is 5.16 Å². The topological polar surface area (TPSA) is 90.7 Å². The molecule has 0 saturated heterocycles. The van der Waals surface area contributed by atoms with Gasteiger partial charge in [0, 0.05) is 45.0 Å². The number of hydrogen-bond acceptors (Lipinski definition) is 12. The van der Waals surface area contributed by atoms with Gasteiger partial charge in [-0.2, -0.15) is 88.1 Å². The van der Waals surface area contributed by atoms with Crippen molar-refractivity contribution >= 4 is 96.8 Å². The fourth-order valence-corrected chi connectivity index (χ4v) is 7.68. The molecule has 2 unspecified atom stereocenters. The third-order valence-electron chi connectivity index (χ3n) is 2.72. The lowest BCUT2D eigenvalue weighted by Crippen LogP contribution is -2.20. The fraction of sp³-hybridized carbons (Fsp3) is 0.769. The minimum absolute atomic E-state index is 0.167. The summed E-state index contributed by atoms with van der Waals surface area (Å²) in [6.07, 6.45) is 0. The molecule has 4 N–H and O–H groups in total. The second kappa shape index (κ2) is 15.0. The second-order valence-corrected chi connectivity index (χ2v) is 11.0. The molecule has 0 fully saturated rings. The quantitative estimate of drug-likeness (QED) is 0.158. The van der Waals surface area contributed by atoms with Crippen LogP contribution < -0.4 is 11.5 Å². The van der Waals surface area contributed by atoms with E-state index in [-0.39, 0.29) is 11.9 Å². The van der Waals surface area contributed by atoms with Crippen molar-refractivity contribution in [3.63, 3.8) is 0 Å². The van der Waals surface area contributed by atoms with Gasteiger partial charge in [-0.1, -0.05) is 11.8 Å². The lowest BCUT2D eigenvalue weighted by molar-refractivity contribution is 0.927. The van der Waals surface area contributed by atoms with Gasteiger partial charge in [-0.25, -0.2) is 0 Å². The predicted octanol–water partition coefficient (Wildman–Crippen LogP) is 2.85. The summed E-state index contributed by atoms with van der Waals surface area (Å²) in [7, 11) is 0. The number of anilines is 2. The van der Waals surface area contributed by atoms with Gasteiger partial charge in [0.2, 0.25) is 11.9 Å². The summed E-state index contributed by atoms with van der Waals surface area (Å²) in [6.45, 7) is 0. The van der Waals surface area contributed by atoms with Crippen molar-refractivity contribution < 1.29 is 0 Å². The minimum atomic E-state index is 0.167. The Labute approximate surface area is 183 Å². The fourth-order valence-electron chi connectivity index (χ4n) is 1.71. The van der Waals surface area contributed by atoms with Crippen molar-refractivity contribution in [2.24, 2.45) is 0 Å². The molecule has 1 rings (SSSR count). The molecule has 0 amide bonds. The highest BCUT2D eigenvalue weighted by molar-refractivity contribution is 8.07. The Morgan fingerprint density at radius 3 is 1.88 bits per heavy atom. The lowest BCUT2D eigenvalue weighted by Gasteiger charge is -2.21. The monoisotopic (exact) mass is 475 g/mol. The highest BCUT2D eigenvalue weighted by atomic mass is 32.2. The predicted molar refractivity (Wildman–Crippen MR) is 131 cm³/mol. The number of thioether (sulfide) groups is 4. The minimum Gasteiger partial charge on any atom is -0.368 e. The maximum atomic E-state index is 5.64. The van der Waals surface area contributed by atoms with Gasteiger partial charge in [0.1, 0.15) is 0 Å². The van der Waals surface area contributed by atoms with Crippen molar-refractivity contribution in [2.75, 3.05) is 57.5 Å². The summed E-state index contributed by atoms with van der Waals surface area (Å²) >= 11 is 20.5. The molecule has 0 aliphatic rings. The van der Waals surface area contributed by atoms with Crippen LogP contribution in [0.1, 0.15) is 0 Å². The van der Waals surface area contributed by atoms with Crippen molar-refractivity contribution in [2.45, 2.75) is 15.7 Å². The first-order valence-electron chi connectivity index (χ1n) is 7.62. The van der Waals surface area contributed by atoms with Gasteiger partial charge in [-0.15, -0.1) is 0 Å². The summed E-state index contributed by atoms with van der Waals surface area (Å²) in [6, 6.07) is 0. The van der Waals surface area contributed by atoms with E-state index in [2.05, 4.69) is 52.8 Å². The van der Waals surface area contributed by atoms with Crippen molar-refractivity contribution in [1.82, 2.24) is 15.0 Å². The van der Waals surface area contributed by atoms with E-state index in [9.17, 15) is 0 Å². The van der Waals surface area contributed by atoms with Crippen molar-refractivity contribution in [3.8, 4) is 0 Å². The Morgan fingerprint density at radius 1 is 0.800 bits per heavy atom. The number of aromatic nitrogens is 3. The summed E-state index contributed by atoms with van der Waals surface area (Å²) in [4.78, 5) is 12.1. The number of nitrogen functional groups attached to an aromatic ring is 2. The van der Waals surface area contributed by atoms with Gasteiger partial charge >= 0.3 is 0 Å². The molecule has 1 heterocycles. The molecule has 144 valence electrons. The van der Waals surface area contributed by atoms with E-state index < -0.39 is 0 Å². The van der Waals surface area contributed by atoms with Gasteiger partial charge < -0.3 is 11.5 Å². The van der Waals surface area contributed by atoms with Gasteiger partial charge in [0.25, 0.3) is 0 Å². The molecule has 0 aliphatic carbocycles. The highest BCUT2D eigenvalue weighted by Crippen LogP contribution is 2.29. The van der Waals surface area contributed by atoms with E-state index in [0.29, 0.717) is 15.7 Å². The largest absolute Gasteiger partial charge is 0.368 e. The van der Waals surface area contributed by atoms with Gasteiger partial charge in [0.05, 0.1) is 0 Å². The van der Waals surface area contributed by atoms with Crippen LogP contribution in [0.2, 0.25) is 0 Å². The zero-order valence-electron chi connectivity index (χ0n) is 13.8. The standard InChI is InChI=1S/C13H25N5S7/c14-11-16-12(15)18-13(17-11)24-8-10(7-23-4-2-20)25-9(5-21)6-22-3-1-19/h9-10,19-21H,1-8H2,(H4,14,15,16,17,18). The Kier molecular flexibility index (Phi) is 14.5. The molecular weight excluding hydrogens is 451 g/mol. The van der Waals surface area contributed by atoms with Crippen LogP contribution in [-0.2, 0) is 0 Å². The number of rotatable bonds is 14. The van der Waals surface area contributed by atoms with E-state index in [1.165, 1.54) is 0 Å². The van der Waals surface area contributed by atoms with E-state index in [4.69, 9.17) is 11.5 Å². The van der Waals surface area contributed by atoms with E-state index >= 15 is 0 Å². The molecule has 1 aromatic rings. The molecule has 25 heavy (non-hydrogen) atoms. The number of nitrogens with zero attached hydrogens (tertiary/aromatic N) is 3. The molecule has 2 atom stereocenters. The Bertz CT molecular complexity index is 462. The molecule has 0 aliphatic heterocycles. The average molecular weight is 476 g/mol. The van der Waals surface area contributed by atoms with Crippen molar-refractivity contribution in [3.05, 3.63) is 0 Å². The van der Waals surface area contributed by atoms with Gasteiger partial charge in [-0.3, -0.25) is 0 Å². The molecule has 12 heteroatoms. The van der Waals surface area contributed by atoms with E-state index in [0.717, 1.165) is 46.0 Å². The molecular formula is C13H25N5S7. The Hall–Kier alpha value is 1.06. The molecule has 1 aromatic heterocycles. The first kappa shape index (κ1) is 24.1. The summed E-state index contributed by atoms with van der Waals surface area (Å²) < 4.78 is 0. The number of hydrogen-bond donors (Lipinski definition) is 5. The maximum absolute atomic E-state index is 5.64. The number of nitrogens with two attached hydrogens (primary N) is 2. The zero-order valence-corrected chi connectivity index (χ0v) is 19.7. The third kappa shape index (κ3) is 11.5. The van der Waals surface area contributed by atoms with Crippen LogP contribution in [0.5, 0.6) is 0 Å². The first-order chi connectivity index (χ1) is 12.1. The second-order valence-electron chi connectivity index (χ2n) is 4.81. The molecule has 5 nitrogen and oxygen atoms in total. The zero-order chi connectivity index (χ0) is 18.5. The molecule has 0 aromatic carbocycles. The van der Waals surface area contributed by atoms with Crippen LogP contribution in [-0.4, -0.2) is 71.5 Å². The highest BCUT2D eigenvalue weighted by Gasteiger charge is 2.18. The normalized spacial score (nSPS) is 13.7. The van der Waals surface area contributed by atoms with Crippen LogP contribution in [0.25, 0.3) is 0 Å². The van der Waals surface area contributed by atoms with Crippen LogP contribution in [0.4, 0.5) is 11.9 Å². The maximum Gasteiger partial charge on any atom is 0.225 e. The molecule has 0 radical (unpaired) electrons. The van der Waals surface area contributed by atoms with Gasteiger partial charge in [-0.05, 0) is 11.5 Å². The average Bonchev–Trinajstić information content (AvgIpc) is 2.57. The Morgan fingerprint density at radius 2 is 1.36 bits per heavy atom. The van der Waals surface area contributed by atoms with Crippen molar-refractivity contribution in [1.29, 1.82) is 0 Å². The van der Waals surface area contributed by atoms with Gasteiger partial charge in [0.15, 0.2) is 5.16 Å². The number of thiol groups is 3. The third-order valence-corrected chi connectivity index (χ3v) is 9.80. The summed E-state index contributed by atoms with van der Waals surface area (Å²) in [5.41, 5.74) is 11.3. The van der Waals surface area contributed by atoms with E-state index in [1.54, 1.807) is 11.8 Å². The van der Waals surface area contributed by atoms with E-state index in [1.807, 2.05) is 35.3 Å². The molecule has 0 bridgehead atoms. The Balaban J connectivity index is 2.57. The lowest BCUT2D eigenvalue weighted by atomic mass is 10.5. The SMILES string of the molecule is Nc1nc(N)nc(SCC(CSCCS)SC(CS)CSCCS)n1. The summed E-state index contributed by atoms with van der Waals surface area (Å²) in [5.74, 6) is 8.19. The van der Waals surface area contributed by atoms with Crippen LogP contribution in [0, 0.1) is 0 Å². The first-order valence-corrected chi connectivity index (χ1v) is 13.8. The molecule has 0 spiro atoms.